The number of halogens is 2. The van der Waals surface area contributed by atoms with Crippen molar-refractivity contribution in [3.63, 3.8) is 0 Å². The molecule has 17 heavy (non-hydrogen) atoms. The molecule has 1 fully saturated rings. The first kappa shape index (κ1) is 12.2. The van der Waals surface area contributed by atoms with Crippen molar-refractivity contribution in [3.8, 4) is 0 Å². The Balaban J connectivity index is 2.24. The summed E-state index contributed by atoms with van der Waals surface area (Å²) in [5.41, 5.74) is 5.72. The summed E-state index contributed by atoms with van der Waals surface area (Å²) < 4.78 is 26.1. The first-order valence-corrected chi connectivity index (χ1v) is 5.82. The van der Waals surface area contributed by atoms with Crippen molar-refractivity contribution in [2.45, 2.75) is 19.3 Å². The molecule has 0 aromatic heterocycles. The SMILES string of the molecule is NCC1CCCC1C(=O)c1cc(F)cc(F)c1. The van der Waals surface area contributed by atoms with Gasteiger partial charge in [0, 0.05) is 17.5 Å². The minimum absolute atomic E-state index is 0.118. The van der Waals surface area contributed by atoms with E-state index in [1.807, 2.05) is 0 Å². The first-order chi connectivity index (χ1) is 8.11. The van der Waals surface area contributed by atoms with Gasteiger partial charge in [-0.15, -0.1) is 0 Å². The monoisotopic (exact) mass is 239 g/mol. The fraction of sp³-hybridized carbons (Fsp3) is 0.462. The number of carbonyl (C=O) groups is 1. The van der Waals surface area contributed by atoms with Crippen LogP contribution in [0.25, 0.3) is 0 Å². The lowest BCUT2D eigenvalue weighted by Crippen LogP contribution is -2.25. The van der Waals surface area contributed by atoms with Gasteiger partial charge in [-0.05, 0) is 37.4 Å². The van der Waals surface area contributed by atoms with E-state index in [1.165, 1.54) is 0 Å². The molecule has 0 heterocycles. The Morgan fingerprint density at radius 2 is 1.88 bits per heavy atom. The highest BCUT2D eigenvalue weighted by molar-refractivity contribution is 5.98. The molecule has 0 radical (unpaired) electrons. The van der Waals surface area contributed by atoms with Crippen molar-refractivity contribution >= 4 is 5.78 Å². The Kier molecular flexibility index (Phi) is 3.52. The topological polar surface area (TPSA) is 43.1 Å². The Bertz CT molecular complexity index is 413. The largest absolute Gasteiger partial charge is 0.330 e. The van der Waals surface area contributed by atoms with Crippen LogP contribution in [0.4, 0.5) is 8.78 Å². The van der Waals surface area contributed by atoms with Crippen molar-refractivity contribution in [2.24, 2.45) is 17.6 Å². The molecule has 2 N–H and O–H groups in total. The summed E-state index contributed by atoms with van der Waals surface area (Å²) in [4.78, 5) is 12.1. The third kappa shape index (κ3) is 2.52. The van der Waals surface area contributed by atoms with E-state index >= 15 is 0 Å². The minimum Gasteiger partial charge on any atom is -0.330 e. The summed E-state index contributed by atoms with van der Waals surface area (Å²) >= 11 is 0. The Morgan fingerprint density at radius 1 is 1.24 bits per heavy atom. The highest BCUT2D eigenvalue weighted by Gasteiger charge is 2.32. The van der Waals surface area contributed by atoms with E-state index < -0.39 is 11.6 Å². The molecule has 2 atom stereocenters. The van der Waals surface area contributed by atoms with Gasteiger partial charge in [0.15, 0.2) is 5.78 Å². The van der Waals surface area contributed by atoms with Crippen LogP contribution in [0.3, 0.4) is 0 Å². The van der Waals surface area contributed by atoms with Gasteiger partial charge in [0.2, 0.25) is 0 Å². The standard InChI is InChI=1S/C13H15F2NO/c14-10-4-9(5-11(15)6-10)13(17)12-3-1-2-8(12)7-16/h4-6,8,12H,1-3,7,16H2. The zero-order valence-corrected chi connectivity index (χ0v) is 9.46. The molecule has 2 rings (SSSR count). The molecule has 1 aromatic rings. The highest BCUT2D eigenvalue weighted by Crippen LogP contribution is 2.33. The summed E-state index contributed by atoms with van der Waals surface area (Å²) in [6.07, 6.45) is 2.64. The minimum atomic E-state index is -0.712. The van der Waals surface area contributed by atoms with Crippen LogP contribution in [0, 0.1) is 23.5 Å². The van der Waals surface area contributed by atoms with Crippen molar-refractivity contribution in [3.05, 3.63) is 35.4 Å². The molecule has 4 heteroatoms. The van der Waals surface area contributed by atoms with Crippen LogP contribution in [0.2, 0.25) is 0 Å². The van der Waals surface area contributed by atoms with Gasteiger partial charge in [0.1, 0.15) is 11.6 Å². The van der Waals surface area contributed by atoms with Crippen LogP contribution in [0.15, 0.2) is 18.2 Å². The third-order valence-corrected chi connectivity index (χ3v) is 3.45. The van der Waals surface area contributed by atoms with Gasteiger partial charge in [0.05, 0.1) is 0 Å². The van der Waals surface area contributed by atoms with Gasteiger partial charge >= 0.3 is 0 Å². The molecule has 1 aliphatic rings. The smallest absolute Gasteiger partial charge is 0.166 e. The molecule has 2 nitrogen and oxygen atoms in total. The molecular formula is C13H15F2NO. The maximum absolute atomic E-state index is 13.0. The van der Waals surface area contributed by atoms with E-state index in [0.29, 0.717) is 6.54 Å². The van der Waals surface area contributed by atoms with Crippen LogP contribution in [0.5, 0.6) is 0 Å². The molecule has 1 saturated carbocycles. The Morgan fingerprint density at radius 3 is 2.47 bits per heavy atom. The molecule has 1 aromatic carbocycles. The molecule has 92 valence electrons. The summed E-state index contributed by atoms with van der Waals surface area (Å²) in [6.45, 7) is 0.453. The molecule has 2 unspecified atom stereocenters. The van der Waals surface area contributed by atoms with Crippen LogP contribution in [-0.2, 0) is 0 Å². The number of ketones is 1. The van der Waals surface area contributed by atoms with Crippen LogP contribution < -0.4 is 5.73 Å². The van der Waals surface area contributed by atoms with Crippen LogP contribution in [-0.4, -0.2) is 12.3 Å². The summed E-state index contributed by atoms with van der Waals surface area (Å²) in [5, 5.41) is 0. The molecular weight excluding hydrogens is 224 g/mol. The van der Waals surface area contributed by atoms with Crippen LogP contribution >= 0.6 is 0 Å². The summed E-state index contributed by atoms with van der Waals surface area (Å²) in [7, 11) is 0. The fourth-order valence-corrected chi connectivity index (χ4v) is 2.57. The molecule has 0 aliphatic heterocycles. The van der Waals surface area contributed by atoms with Crippen molar-refractivity contribution in [1.29, 1.82) is 0 Å². The predicted octanol–water partition coefficient (Wildman–Crippen LogP) is 2.52. The van der Waals surface area contributed by atoms with Crippen molar-refractivity contribution in [2.75, 3.05) is 6.54 Å². The Labute approximate surface area is 98.8 Å². The van der Waals surface area contributed by atoms with E-state index in [2.05, 4.69) is 0 Å². The molecule has 0 amide bonds. The summed E-state index contributed by atoms with van der Waals surface area (Å²) in [5.74, 6) is -1.64. The maximum Gasteiger partial charge on any atom is 0.166 e. The number of rotatable bonds is 3. The van der Waals surface area contributed by atoms with E-state index in [-0.39, 0.29) is 23.2 Å². The quantitative estimate of drug-likeness (QED) is 0.823. The zero-order chi connectivity index (χ0) is 12.4. The van der Waals surface area contributed by atoms with Gasteiger partial charge < -0.3 is 5.73 Å². The summed E-state index contributed by atoms with van der Waals surface area (Å²) in [6, 6.07) is 2.96. The lowest BCUT2D eigenvalue weighted by Gasteiger charge is -2.16. The number of hydrogen-bond acceptors (Lipinski definition) is 2. The second kappa shape index (κ2) is 4.92. The normalized spacial score (nSPS) is 23.9. The predicted molar refractivity (Wildman–Crippen MR) is 60.6 cm³/mol. The number of hydrogen-bond donors (Lipinski definition) is 1. The van der Waals surface area contributed by atoms with E-state index in [9.17, 15) is 13.6 Å². The van der Waals surface area contributed by atoms with Crippen molar-refractivity contribution in [1.82, 2.24) is 0 Å². The zero-order valence-electron chi connectivity index (χ0n) is 9.46. The highest BCUT2D eigenvalue weighted by atomic mass is 19.1. The van der Waals surface area contributed by atoms with E-state index in [1.54, 1.807) is 0 Å². The average Bonchev–Trinajstić information content (AvgIpc) is 2.74. The maximum atomic E-state index is 13.0. The van der Waals surface area contributed by atoms with Crippen molar-refractivity contribution < 1.29 is 13.6 Å². The average molecular weight is 239 g/mol. The molecule has 1 aliphatic carbocycles. The second-order valence-electron chi connectivity index (χ2n) is 4.56. The third-order valence-electron chi connectivity index (χ3n) is 3.45. The molecule has 0 saturated heterocycles. The van der Waals surface area contributed by atoms with Gasteiger partial charge in [-0.1, -0.05) is 6.42 Å². The van der Waals surface area contributed by atoms with Gasteiger partial charge in [-0.2, -0.15) is 0 Å². The fourth-order valence-electron chi connectivity index (χ4n) is 2.57. The number of benzene rings is 1. The lowest BCUT2D eigenvalue weighted by atomic mass is 9.88. The Hall–Kier alpha value is -1.29. The molecule has 0 bridgehead atoms. The molecule has 0 spiro atoms. The first-order valence-electron chi connectivity index (χ1n) is 5.82. The number of carbonyl (C=O) groups excluding carboxylic acids is 1. The van der Waals surface area contributed by atoms with E-state index in [0.717, 1.165) is 37.5 Å². The van der Waals surface area contributed by atoms with Gasteiger partial charge in [0.25, 0.3) is 0 Å². The van der Waals surface area contributed by atoms with Crippen LogP contribution in [0.1, 0.15) is 29.6 Å². The number of Topliss-reactive ketones (excluding diaryl/α,β-unsaturated/α-hetero) is 1. The number of nitrogens with two attached hydrogens (primary N) is 1. The lowest BCUT2D eigenvalue weighted by molar-refractivity contribution is 0.0892. The second-order valence-corrected chi connectivity index (χ2v) is 4.56. The van der Waals surface area contributed by atoms with Gasteiger partial charge in [-0.25, -0.2) is 8.78 Å². The van der Waals surface area contributed by atoms with Gasteiger partial charge in [-0.3, -0.25) is 4.79 Å². The van der Waals surface area contributed by atoms with E-state index in [4.69, 9.17) is 5.73 Å².